The lowest BCUT2D eigenvalue weighted by Crippen LogP contribution is -2.01. The molecule has 0 aliphatic carbocycles. The third kappa shape index (κ3) is 4.53. The third-order valence-electron chi connectivity index (χ3n) is 7.68. The van der Waals surface area contributed by atoms with Gasteiger partial charge in [-0.2, -0.15) is 0 Å². The number of pyridine rings is 1. The smallest absolute Gasteiger partial charge is 0.182 e. The van der Waals surface area contributed by atoms with E-state index < -0.39 is 0 Å². The standard InChI is InChI=1S/C38H25N5/c1-4-14-27(15-5-1)36-40-37(28-16-6-2-7-17-28)42-38(41-36)34-22-12-21-33(39-34)32-25-43(29-18-8-3-9-19-29)35-30-20-11-10-13-26(30)23-24-31(32)35/h1-25H. The molecule has 0 radical (unpaired) electrons. The van der Waals surface area contributed by atoms with Gasteiger partial charge in [-0.25, -0.2) is 19.9 Å². The molecule has 0 bridgehead atoms. The van der Waals surface area contributed by atoms with E-state index in [1.54, 1.807) is 0 Å². The van der Waals surface area contributed by atoms with Crippen molar-refractivity contribution in [3.63, 3.8) is 0 Å². The molecule has 0 amide bonds. The second-order valence-corrected chi connectivity index (χ2v) is 10.4. The normalized spacial score (nSPS) is 11.3. The van der Waals surface area contributed by atoms with Crippen molar-refractivity contribution in [2.75, 3.05) is 0 Å². The lowest BCUT2D eigenvalue weighted by molar-refractivity contribution is 1.06. The van der Waals surface area contributed by atoms with Gasteiger partial charge < -0.3 is 4.57 Å². The van der Waals surface area contributed by atoms with Crippen LogP contribution in [0.2, 0.25) is 0 Å². The van der Waals surface area contributed by atoms with Gasteiger partial charge in [0, 0.05) is 39.3 Å². The van der Waals surface area contributed by atoms with E-state index in [4.69, 9.17) is 19.9 Å². The average Bonchev–Trinajstić information content (AvgIpc) is 3.50. The molecular formula is C38H25N5. The summed E-state index contributed by atoms with van der Waals surface area (Å²) in [6.45, 7) is 0. The molecule has 5 aromatic carbocycles. The Morgan fingerprint density at radius 3 is 1.67 bits per heavy atom. The van der Waals surface area contributed by atoms with E-state index >= 15 is 0 Å². The topological polar surface area (TPSA) is 56.5 Å². The zero-order valence-electron chi connectivity index (χ0n) is 23.2. The summed E-state index contributed by atoms with van der Waals surface area (Å²) < 4.78 is 2.27. The Hall–Kier alpha value is -5.94. The molecule has 3 aromatic heterocycles. The fourth-order valence-electron chi connectivity index (χ4n) is 5.62. The average molecular weight is 552 g/mol. The number of aromatic nitrogens is 5. The van der Waals surface area contributed by atoms with E-state index in [-0.39, 0.29) is 0 Å². The summed E-state index contributed by atoms with van der Waals surface area (Å²) in [5.41, 5.74) is 6.71. The van der Waals surface area contributed by atoms with E-state index in [9.17, 15) is 0 Å². The van der Waals surface area contributed by atoms with E-state index in [0.29, 0.717) is 23.2 Å². The van der Waals surface area contributed by atoms with E-state index in [2.05, 4.69) is 77.5 Å². The maximum absolute atomic E-state index is 5.15. The largest absolute Gasteiger partial charge is 0.315 e. The highest BCUT2D eigenvalue weighted by molar-refractivity contribution is 6.11. The van der Waals surface area contributed by atoms with Crippen LogP contribution >= 0.6 is 0 Å². The van der Waals surface area contributed by atoms with Gasteiger partial charge >= 0.3 is 0 Å². The molecule has 0 N–H and O–H groups in total. The highest BCUT2D eigenvalue weighted by Crippen LogP contribution is 2.37. The molecule has 0 atom stereocenters. The van der Waals surface area contributed by atoms with Crippen LogP contribution in [-0.2, 0) is 0 Å². The van der Waals surface area contributed by atoms with Crippen LogP contribution in [-0.4, -0.2) is 24.5 Å². The van der Waals surface area contributed by atoms with Crippen LogP contribution in [0.15, 0.2) is 152 Å². The van der Waals surface area contributed by atoms with Gasteiger partial charge in [0.25, 0.3) is 0 Å². The van der Waals surface area contributed by atoms with Gasteiger partial charge in [0.05, 0.1) is 11.2 Å². The maximum Gasteiger partial charge on any atom is 0.182 e. The fourth-order valence-corrected chi connectivity index (χ4v) is 5.62. The first kappa shape index (κ1) is 24.8. The van der Waals surface area contributed by atoms with Gasteiger partial charge in [-0.1, -0.05) is 121 Å². The second kappa shape index (κ2) is 10.5. The lowest BCUT2D eigenvalue weighted by Gasteiger charge is -2.09. The summed E-state index contributed by atoms with van der Waals surface area (Å²) >= 11 is 0. The highest BCUT2D eigenvalue weighted by Gasteiger charge is 2.18. The van der Waals surface area contributed by atoms with Crippen LogP contribution in [0.4, 0.5) is 0 Å². The summed E-state index contributed by atoms with van der Waals surface area (Å²) in [5, 5.41) is 3.53. The Morgan fingerprint density at radius 1 is 0.395 bits per heavy atom. The molecule has 8 aromatic rings. The molecule has 0 fully saturated rings. The monoisotopic (exact) mass is 551 g/mol. The molecular weight excluding hydrogens is 526 g/mol. The van der Waals surface area contributed by atoms with Crippen LogP contribution < -0.4 is 0 Å². The first-order valence-corrected chi connectivity index (χ1v) is 14.2. The fraction of sp³-hybridized carbons (Fsp3) is 0. The number of nitrogens with zero attached hydrogens (tertiary/aromatic N) is 5. The SMILES string of the molecule is c1ccc(-c2nc(-c3ccccc3)nc(-c3cccc(-c4cn(-c5ccccc5)c5c4ccc4ccccc45)n3)n2)cc1. The van der Waals surface area contributed by atoms with Crippen molar-refractivity contribution < 1.29 is 0 Å². The molecule has 0 saturated carbocycles. The number of para-hydroxylation sites is 1. The zero-order valence-corrected chi connectivity index (χ0v) is 23.2. The summed E-state index contributed by atoms with van der Waals surface area (Å²) in [7, 11) is 0. The highest BCUT2D eigenvalue weighted by atomic mass is 15.0. The minimum absolute atomic E-state index is 0.534. The van der Waals surface area contributed by atoms with Crippen molar-refractivity contribution in [2.24, 2.45) is 0 Å². The van der Waals surface area contributed by atoms with Crippen molar-refractivity contribution in [3.05, 3.63) is 152 Å². The van der Waals surface area contributed by atoms with Gasteiger partial charge in [-0.05, 0) is 29.7 Å². The molecule has 3 heterocycles. The molecule has 202 valence electrons. The second-order valence-electron chi connectivity index (χ2n) is 10.4. The summed E-state index contributed by atoms with van der Waals surface area (Å²) in [4.78, 5) is 19.8. The van der Waals surface area contributed by atoms with Crippen molar-refractivity contribution in [1.29, 1.82) is 0 Å². The van der Waals surface area contributed by atoms with Gasteiger partial charge in [0.15, 0.2) is 17.5 Å². The number of fused-ring (bicyclic) bond motifs is 3. The zero-order chi connectivity index (χ0) is 28.6. The van der Waals surface area contributed by atoms with Crippen molar-refractivity contribution in [2.45, 2.75) is 0 Å². The van der Waals surface area contributed by atoms with Crippen LogP contribution in [0, 0.1) is 0 Å². The maximum atomic E-state index is 5.15. The lowest BCUT2D eigenvalue weighted by atomic mass is 10.0. The summed E-state index contributed by atoms with van der Waals surface area (Å²) in [6, 6.07) is 49.4. The van der Waals surface area contributed by atoms with Crippen LogP contribution in [0.5, 0.6) is 0 Å². The Morgan fingerprint density at radius 2 is 0.977 bits per heavy atom. The Bertz CT molecular complexity index is 2170. The molecule has 8 rings (SSSR count). The summed E-state index contributed by atoms with van der Waals surface area (Å²) in [5.74, 6) is 1.76. The van der Waals surface area contributed by atoms with Crippen LogP contribution in [0.25, 0.3) is 72.9 Å². The molecule has 43 heavy (non-hydrogen) atoms. The molecule has 5 nitrogen and oxygen atoms in total. The molecule has 0 saturated heterocycles. The first-order valence-electron chi connectivity index (χ1n) is 14.2. The number of hydrogen-bond donors (Lipinski definition) is 0. The predicted octanol–water partition coefficient (Wildman–Crippen LogP) is 9.03. The minimum atomic E-state index is 0.534. The molecule has 5 heteroatoms. The number of rotatable bonds is 5. The van der Waals surface area contributed by atoms with Gasteiger partial charge in [0.2, 0.25) is 0 Å². The van der Waals surface area contributed by atoms with Gasteiger partial charge in [-0.15, -0.1) is 0 Å². The number of benzene rings is 5. The van der Waals surface area contributed by atoms with E-state index in [1.807, 2.05) is 78.9 Å². The van der Waals surface area contributed by atoms with Crippen molar-refractivity contribution in [1.82, 2.24) is 24.5 Å². The first-order chi connectivity index (χ1) is 21.3. The van der Waals surface area contributed by atoms with Gasteiger partial charge in [-0.3, -0.25) is 0 Å². The van der Waals surface area contributed by atoms with Crippen molar-refractivity contribution >= 4 is 21.7 Å². The molecule has 0 spiro atoms. The third-order valence-corrected chi connectivity index (χ3v) is 7.68. The Balaban J connectivity index is 1.32. The molecule has 0 unspecified atom stereocenters. The van der Waals surface area contributed by atoms with E-state index in [1.165, 1.54) is 10.8 Å². The van der Waals surface area contributed by atoms with Crippen LogP contribution in [0.1, 0.15) is 0 Å². The minimum Gasteiger partial charge on any atom is -0.315 e. The quantitative estimate of drug-likeness (QED) is 0.214. The summed E-state index contributed by atoms with van der Waals surface area (Å²) in [6.07, 6.45) is 2.19. The van der Waals surface area contributed by atoms with Crippen LogP contribution in [0.3, 0.4) is 0 Å². The Labute approximate surface area is 248 Å². The Kier molecular flexibility index (Phi) is 6.05. The predicted molar refractivity (Wildman–Crippen MR) is 174 cm³/mol. The molecule has 0 aliphatic heterocycles. The van der Waals surface area contributed by atoms with Gasteiger partial charge in [0.1, 0.15) is 5.69 Å². The number of hydrogen-bond acceptors (Lipinski definition) is 4. The van der Waals surface area contributed by atoms with Crippen molar-refractivity contribution in [3.8, 4) is 51.2 Å². The van der Waals surface area contributed by atoms with E-state index in [0.717, 1.165) is 39.0 Å². The molecule has 0 aliphatic rings.